The molecular weight excluding hydrogens is 336 g/mol. The van der Waals surface area contributed by atoms with Gasteiger partial charge in [-0.2, -0.15) is 0 Å². The number of carboxylic acid groups (broad SMARTS) is 1. The van der Waals surface area contributed by atoms with Gasteiger partial charge in [0.2, 0.25) is 0 Å². The van der Waals surface area contributed by atoms with Gasteiger partial charge in [0.25, 0.3) is 0 Å². The molecule has 2 fully saturated rings. The van der Waals surface area contributed by atoms with Crippen LogP contribution in [-0.4, -0.2) is 78.7 Å². The first kappa shape index (κ1) is 19.8. The SMILES string of the molecule is O=C(/C=C/C1CCC(O)C(O)C1)O[C@@H]1C[C@](O)(C(=O)O)C[C@@H](O)[C@H]1O. The molecule has 9 nitrogen and oxygen atoms in total. The molecule has 2 aliphatic rings. The smallest absolute Gasteiger partial charge is 0.335 e. The Labute approximate surface area is 144 Å². The van der Waals surface area contributed by atoms with Crippen LogP contribution in [0.1, 0.15) is 32.1 Å². The van der Waals surface area contributed by atoms with E-state index in [0.29, 0.717) is 19.3 Å². The van der Waals surface area contributed by atoms with Crippen molar-refractivity contribution in [2.45, 2.75) is 68.2 Å². The summed E-state index contributed by atoms with van der Waals surface area (Å²) in [5.41, 5.74) is -2.28. The van der Waals surface area contributed by atoms with Crippen LogP contribution in [0.4, 0.5) is 0 Å². The maximum Gasteiger partial charge on any atom is 0.335 e. The van der Waals surface area contributed by atoms with Crippen LogP contribution < -0.4 is 0 Å². The molecule has 0 radical (unpaired) electrons. The van der Waals surface area contributed by atoms with Gasteiger partial charge in [-0.3, -0.25) is 0 Å². The highest BCUT2D eigenvalue weighted by molar-refractivity contribution is 5.82. The number of hydrogen-bond donors (Lipinski definition) is 6. The van der Waals surface area contributed by atoms with Crippen molar-refractivity contribution in [3.8, 4) is 0 Å². The van der Waals surface area contributed by atoms with Gasteiger partial charge in [-0.05, 0) is 25.2 Å². The van der Waals surface area contributed by atoms with Gasteiger partial charge < -0.3 is 35.4 Å². The number of hydrogen-bond acceptors (Lipinski definition) is 8. The largest absolute Gasteiger partial charge is 0.479 e. The van der Waals surface area contributed by atoms with E-state index >= 15 is 0 Å². The molecule has 0 bridgehead atoms. The van der Waals surface area contributed by atoms with Crippen LogP contribution in [0.3, 0.4) is 0 Å². The first-order valence-electron chi connectivity index (χ1n) is 8.19. The van der Waals surface area contributed by atoms with E-state index in [0.717, 1.165) is 6.08 Å². The zero-order chi connectivity index (χ0) is 18.8. The Hall–Kier alpha value is -1.52. The van der Waals surface area contributed by atoms with Crippen LogP contribution in [0.25, 0.3) is 0 Å². The summed E-state index contributed by atoms with van der Waals surface area (Å²) in [6.45, 7) is 0. The van der Waals surface area contributed by atoms with Crippen LogP contribution in [0.2, 0.25) is 0 Å². The molecule has 0 saturated heterocycles. The number of esters is 1. The summed E-state index contributed by atoms with van der Waals surface area (Å²) < 4.78 is 4.99. The summed E-state index contributed by atoms with van der Waals surface area (Å²) in [4.78, 5) is 23.0. The van der Waals surface area contributed by atoms with E-state index in [4.69, 9.17) is 9.84 Å². The maximum absolute atomic E-state index is 11.9. The highest BCUT2D eigenvalue weighted by Gasteiger charge is 2.50. The molecule has 2 aliphatic carbocycles. The van der Waals surface area contributed by atoms with E-state index in [1.165, 1.54) is 6.08 Å². The number of aliphatic hydroxyl groups excluding tert-OH is 4. The van der Waals surface area contributed by atoms with Crippen molar-refractivity contribution in [1.29, 1.82) is 0 Å². The second kappa shape index (κ2) is 7.79. The molecule has 2 saturated carbocycles. The average Bonchev–Trinajstić information content (AvgIpc) is 2.53. The zero-order valence-electron chi connectivity index (χ0n) is 13.6. The van der Waals surface area contributed by atoms with E-state index in [-0.39, 0.29) is 5.92 Å². The third-order valence-electron chi connectivity index (χ3n) is 4.85. The van der Waals surface area contributed by atoms with E-state index in [2.05, 4.69) is 0 Å². The second-order valence-electron chi connectivity index (χ2n) is 6.85. The molecule has 3 unspecified atom stereocenters. The number of carboxylic acids is 1. The molecule has 0 amide bonds. The van der Waals surface area contributed by atoms with Crippen molar-refractivity contribution in [2.24, 2.45) is 5.92 Å². The van der Waals surface area contributed by atoms with Crippen LogP contribution in [-0.2, 0) is 14.3 Å². The lowest BCUT2D eigenvalue weighted by molar-refractivity contribution is -0.196. The minimum absolute atomic E-state index is 0.122. The molecule has 0 spiro atoms. The van der Waals surface area contributed by atoms with Gasteiger partial charge in [-0.15, -0.1) is 0 Å². The third-order valence-corrected chi connectivity index (χ3v) is 4.85. The summed E-state index contributed by atoms with van der Waals surface area (Å²) in [7, 11) is 0. The summed E-state index contributed by atoms with van der Waals surface area (Å²) in [5, 5.41) is 57.6. The van der Waals surface area contributed by atoms with Crippen LogP contribution in [0.15, 0.2) is 12.2 Å². The fraction of sp³-hybridized carbons (Fsp3) is 0.750. The highest BCUT2D eigenvalue weighted by atomic mass is 16.6. The fourth-order valence-electron chi connectivity index (χ4n) is 3.28. The number of ether oxygens (including phenoxy) is 1. The number of aliphatic carboxylic acids is 1. The van der Waals surface area contributed by atoms with Gasteiger partial charge in [-0.1, -0.05) is 6.08 Å². The quantitative estimate of drug-likeness (QED) is 0.253. The average molecular weight is 360 g/mol. The maximum atomic E-state index is 11.9. The molecule has 2 rings (SSSR count). The van der Waals surface area contributed by atoms with Gasteiger partial charge in [0.05, 0.1) is 18.3 Å². The second-order valence-corrected chi connectivity index (χ2v) is 6.85. The van der Waals surface area contributed by atoms with Crippen molar-refractivity contribution < 1.29 is 45.0 Å². The van der Waals surface area contributed by atoms with Crippen LogP contribution >= 0.6 is 0 Å². The first-order chi connectivity index (χ1) is 11.6. The predicted molar refractivity (Wildman–Crippen MR) is 82.2 cm³/mol. The van der Waals surface area contributed by atoms with Crippen molar-refractivity contribution in [1.82, 2.24) is 0 Å². The molecule has 6 N–H and O–H groups in total. The van der Waals surface area contributed by atoms with Crippen LogP contribution in [0.5, 0.6) is 0 Å². The Morgan fingerprint density at radius 3 is 2.28 bits per heavy atom. The number of carbonyl (C=O) groups is 2. The van der Waals surface area contributed by atoms with Gasteiger partial charge in [-0.25, -0.2) is 9.59 Å². The Morgan fingerprint density at radius 2 is 1.68 bits per heavy atom. The van der Waals surface area contributed by atoms with Gasteiger partial charge in [0.15, 0.2) is 5.60 Å². The van der Waals surface area contributed by atoms with Crippen molar-refractivity contribution in [2.75, 3.05) is 0 Å². The molecule has 0 aliphatic heterocycles. The Kier molecular flexibility index (Phi) is 6.17. The Balaban J connectivity index is 1.94. The standard InChI is InChI=1S/C16H24O9/c17-9-3-1-8(5-10(9)18)2-4-13(20)25-12-7-16(24,15(22)23)6-11(19)14(12)21/h2,4,8-12,14,17-19,21,24H,1,3,5-7H2,(H,22,23)/b4-2+/t8?,9?,10?,11-,12-,14-,16+/m1/s1. The minimum Gasteiger partial charge on any atom is -0.479 e. The zero-order valence-corrected chi connectivity index (χ0v) is 13.6. The van der Waals surface area contributed by atoms with E-state index in [1.54, 1.807) is 0 Å². The summed E-state index contributed by atoms with van der Waals surface area (Å²) in [6.07, 6.45) is -3.20. The Bertz CT molecular complexity index is 534. The van der Waals surface area contributed by atoms with Gasteiger partial charge in [0, 0.05) is 18.9 Å². The molecule has 0 aromatic carbocycles. The summed E-state index contributed by atoms with van der Waals surface area (Å²) in [6, 6.07) is 0. The molecule has 25 heavy (non-hydrogen) atoms. The van der Waals surface area contributed by atoms with Crippen LogP contribution in [0, 0.1) is 5.92 Å². The molecule has 0 aromatic heterocycles. The highest BCUT2D eigenvalue weighted by Crippen LogP contribution is 2.31. The lowest BCUT2D eigenvalue weighted by Gasteiger charge is -2.39. The number of allylic oxidation sites excluding steroid dienone is 1. The topological polar surface area (TPSA) is 165 Å². The summed E-state index contributed by atoms with van der Waals surface area (Å²) in [5.74, 6) is -2.54. The lowest BCUT2D eigenvalue weighted by Crippen LogP contribution is -2.57. The first-order valence-corrected chi connectivity index (χ1v) is 8.19. The lowest BCUT2D eigenvalue weighted by atomic mass is 9.79. The molecule has 9 heteroatoms. The van der Waals surface area contributed by atoms with Gasteiger partial charge >= 0.3 is 11.9 Å². The van der Waals surface area contributed by atoms with E-state index in [1.807, 2.05) is 0 Å². The molecular formula is C16H24O9. The molecule has 0 heterocycles. The van der Waals surface area contributed by atoms with Gasteiger partial charge in [0.1, 0.15) is 12.2 Å². The normalized spacial score (nSPS) is 42.3. The molecule has 0 aromatic rings. The van der Waals surface area contributed by atoms with Crippen molar-refractivity contribution in [3.05, 3.63) is 12.2 Å². The predicted octanol–water partition coefficient (Wildman–Crippen LogP) is -1.69. The molecule has 7 atom stereocenters. The number of carbonyl (C=O) groups excluding carboxylic acids is 1. The number of aliphatic hydroxyl groups is 5. The van der Waals surface area contributed by atoms with E-state index in [9.17, 15) is 35.1 Å². The molecule has 142 valence electrons. The number of rotatable bonds is 4. The van der Waals surface area contributed by atoms with Crippen molar-refractivity contribution >= 4 is 11.9 Å². The monoisotopic (exact) mass is 360 g/mol. The minimum atomic E-state index is -2.28. The third kappa shape index (κ3) is 4.77. The fourth-order valence-corrected chi connectivity index (χ4v) is 3.28. The van der Waals surface area contributed by atoms with E-state index < -0.39 is 60.9 Å². The Morgan fingerprint density at radius 1 is 1.00 bits per heavy atom. The summed E-state index contributed by atoms with van der Waals surface area (Å²) >= 11 is 0. The van der Waals surface area contributed by atoms with Crippen molar-refractivity contribution in [3.63, 3.8) is 0 Å².